The molecule has 0 bridgehead atoms. The Hall–Kier alpha value is -1.36. The zero-order valence-electron chi connectivity index (χ0n) is 12.6. The molecule has 0 aromatic carbocycles. The third kappa shape index (κ3) is 3.60. The molecule has 110 valence electrons. The quantitative estimate of drug-likeness (QED) is 0.759. The molecule has 2 aromatic heterocycles. The molecule has 2 rings (SSSR count). The van der Waals surface area contributed by atoms with Crippen molar-refractivity contribution >= 4 is 33.3 Å². The summed E-state index contributed by atoms with van der Waals surface area (Å²) in [6, 6.07) is 2.09. The fraction of sp³-hybridized carbons (Fsp3) is 0.600. The van der Waals surface area contributed by atoms with E-state index in [-0.39, 0.29) is 0 Å². The molecule has 0 aliphatic carbocycles. The molecule has 1 atom stereocenters. The van der Waals surface area contributed by atoms with E-state index in [1.54, 1.807) is 11.3 Å². The predicted molar refractivity (Wildman–Crippen MR) is 88.8 cm³/mol. The van der Waals surface area contributed by atoms with Gasteiger partial charge in [0.05, 0.1) is 5.39 Å². The molecule has 20 heavy (non-hydrogen) atoms. The van der Waals surface area contributed by atoms with Gasteiger partial charge in [0.15, 0.2) is 0 Å². The van der Waals surface area contributed by atoms with E-state index < -0.39 is 0 Å². The minimum atomic E-state index is 0.684. The predicted octanol–water partition coefficient (Wildman–Crippen LogP) is 4.36. The largest absolute Gasteiger partial charge is 0.369 e. The minimum absolute atomic E-state index is 0.684. The zero-order valence-corrected chi connectivity index (χ0v) is 13.4. The summed E-state index contributed by atoms with van der Waals surface area (Å²) < 4.78 is 0. The van der Waals surface area contributed by atoms with Crippen molar-refractivity contribution in [2.24, 2.45) is 5.92 Å². The van der Waals surface area contributed by atoms with Crippen molar-refractivity contribution in [3.63, 3.8) is 0 Å². The molecule has 0 aliphatic rings. The van der Waals surface area contributed by atoms with E-state index >= 15 is 0 Å². The number of anilines is 2. The molecule has 2 aromatic rings. The van der Waals surface area contributed by atoms with Crippen molar-refractivity contribution < 1.29 is 0 Å². The number of rotatable bonds is 8. The third-order valence-corrected chi connectivity index (χ3v) is 4.46. The first-order valence-electron chi connectivity index (χ1n) is 7.45. The van der Waals surface area contributed by atoms with Crippen LogP contribution in [0.4, 0.5) is 11.8 Å². The van der Waals surface area contributed by atoms with Crippen LogP contribution in [0.1, 0.15) is 39.5 Å². The summed E-state index contributed by atoms with van der Waals surface area (Å²) in [5.74, 6) is 2.36. The number of hydrogen-bond acceptors (Lipinski definition) is 5. The molecule has 0 spiro atoms. The van der Waals surface area contributed by atoms with Crippen LogP contribution in [-0.2, 0) is 0 Å². The van der Waals surface area contributed by atoms with Crippen LogP contribution in [0.5, 0.6) is 0 Å². The van der Waals surface area contributed by atoms with E-state index in [4.69, 9.17) is 0 Å². The molecule has 0 aliphatic heterocycles. The Kier molecular flexibility index (Phi) is 5.59. The van der Waals surface area contributed by atoms with E-state index in [1.165, 1.54) is 25.7 Å². The van der Waals surface area contributed by atoms with Crippen molar-refractivity contribution in [3.8, 4) is 0 Å². The van der Waals surface area contributed by atoms with E-state index in [0.29, 0.717) is 5.95 Å². The van der Waals surface area contributed by atoms with Crippen molar-refractivity contribution in [2.75, 3.05) is 24.2 Å². The standard InChI is InChI=1S/C15H24N4S/c1-4-6-7-11(5-2)10-17-13-12-8-9-20-14(12)19-15(16-3)18-13/h8-9,11H,4-7,10H2,1-3H3,(H2,16,17,18,19). The van der Waals surface area contributed by atoms with Gasteiger partial charge in [0.25, 0.3) is 0 Å². The first kappa shape index (κ1) is 15.0. The van der Waals surface area contributed by atoms with Gasteiger partial charge < -0.3 is 10.6 Å². The second-order valence-corrected chi connectivity index (χ2v) is 5.98. The number of aromatic nitrogens is 2. The molecule has 5 heteroatoms. The van der Waals surface area contributed by atoms with Crippen molar-refractivity contribution in [1.82, 2.24) is 9.97 Å². The first-order valence-corrected chi connectivity index (χ1v) is 8.33. The molecule has 0 saturated carbocycles. The van der Waals surface area contributed by atoms with Crippen LogP contribution in [0, 0.1) is 5.92 Å². The number of nitrogens with one attached hydrogen (secondary N) is 2. The number of fused-ring (bicyclic) bond motifs is 1. The van der Waals surface area contributed by atoms with E-state index in [9.17, 15) is 0 Å². The van der Waals surface area contributed by atoms with Gasteiger partial charge in [-0.25, -0.2) is 4.98 Å². The number of hydrogen-bond donors (Lipinski definition) is 2. The molecule has 0 saturated heterocycles. The van der Waals surface area contributed by atoms with Crippen LogP contribution in [0.2, 0.25) is 0 Å². The SMILES string of the molecule is CCCCC(CC)CNc1nc(NC)nc2sccc12. The first-order chi connectivity index (χ1) is 9.78. The summed E-state index contributed by atoms with van der Waals surface area (Å²) >= 11 is 1.65. The normalized spacial score (nSPS) is 12.6. The number of thiophene rings is 1. The van der Waals surface area contributed by atoms with Gasteiger partial charge in [0, 0.05) is 13.6 Å². The maximum atomic E-state index is 4.55. The lowest BCUT2D eigenvalue weighted by Crippen LogP contribution is -2.15. The summed E-state index contributed by atoms with van der Waals surface area (Å²) in [4.78, 5) is 10.1. The highest BCUT2D eigenvalue weighted by Gasteiger charge is 2.10. The maximum Gasteiger partial charge on any atom is 0.225 e. The van der Waals surface area contributed by atoms with Crippen molar-refractivity contribution in [3.05, 3.63) is 11.4 Å². The van der Waals surface area contributed by atoms with Gasteiger partial charge in [-0.3, -0.25) is 0 Å². The van der Waals surface area contributed by atoms with Crippen LogP contribution in [-0.4, -0.2) is 23.6 Å². The number of nitrogens with zero attached hydrogens (tertiary/aromatic N) is 2. The lowest BCUT2D eigenvalue weighted by Gasteiger charge is -2.16. The molecule has 2 N–H and O–H groups in total. The molecule has 4 nitrogen and oxygen atoms in total. The van der Waals surface area contributed by atoms with Crippen LogP contribution < -0.4 is 10.6 Å². The monoisotopic (exact) mass is 292 g/mol. The summed E-state index contributed by atoms with van der Waals surface area (Å²) in [5, 5.41) is 9.75. The van der Waals surface area contributed by atoms with E-state index in [1.807, 2.05) is 7.05 Å². The molecular formula is C15H24N4S. The van der Waals surface area contributed by atoms with Crippen LogP contribution in [0.25, 0.3) is 10.2 Å². The lowest BCUT2D eigenvalue weighted by molar-refractivity contribution is 0.472. The summed E-state index contributed by atoms with van der Waals surface area (Å²) in [5.41, 5.74) is 0. The summed E-state index contributed by atoms with van der Waals surface area (Å²) in [7, 11) is 1.86. The van der Waals surface area contributed by atoms with Crippen LogP contribution >= 0.6 is 11.3 Å². The van der Waals surface area contributed by atoms with Gasteiger partial charge in [-0.05, 0) is 23.8 Å². The number of unbranched alkanes of at least 4 members (excludes halogenated alkanes) is 1. The Morgan fingerprint density at radius 1 is 1.30 bits per heavy atom. The van der Waals surface area contributed by atoms with E-state index in [0.717, 1.165) is 28.5 Å². The lowest BCUT2D eigenvalue weighted by atomic mass is 9.99. The second-order valence-electron chi connectivity index (χ2n) is 5.08. The fourth-order valence-electron chi connectivity index (χ4n) is 2.29. The zero-order chi connectivity index (χ0) is 14.4. The smallest absolute Gasteiger partial charge is 0.225 e. The summed E-state index contributed by atoms with van der Waals surface area (Å²) in [6.07, 6.45) is 5.07. The summed E-state index contributed by atoms with van der Waals surface area (Å²) in [6.45, 7) is 5.50. The topological polar surface area (TPSA) is 49.8 Å². The minimum Gasteiger partial charge on any atom is -0.369 e. The fourth-order valence-corrected chi connectivity index (χ4v) is 3.05. The van der Waals surface area contributed by atoms with Crippen LogP contribution in [0.3, 0.4) is 0 Å². The molecule has 2 heterocycles. The van der Waals surface area contributed by atoms with Gasteiger partial charge >= 0.3 is 0 Å². The van der Waals surface area contributed by atoms with Crippen LogP contribution in [0.15, 0.2) is 11.4 Å². The van der Waals surface area contributed by atoms with Gasteiger partial charge in [-0.1, -0.05) is 33.1 Å². The highest BCUT2D eigenvalue weighted by Crippen LogP contribution is 2.27. The Balaban J connectivity index is 2.09. The molecule has 1 unspecified atom stereocenters. The Bertz CT molecular complexity index is 538. The van der Waals surface area contributed by atoms with Crippen molar-refractivity contribution in [1.29, 1.82) is 0 Å². The highest BCUT2D eigenvalue weighted by atomic mass is 32.1. The molecule has 0 amide bonds. The third-order valence-electron chi connectivity index (χ3n) is 3.65. The second kappa shape index (κ2) is 7.43. The van der Waals surface area contributed by atoms with Gasteiger partial charge in [-0.2, -0.15) is 4.98 Å². The maximum absolute atomic E-state index is 4.55. The van der Waals surface area contributed by atoms with Gasteiger partial charge in [0.2, 0.25) is 5.95 Å². The molecule has 0 fully saturated rings. The Morgan fingerprint density at radius 3 is 2.85 bits per heavy atom. The Labute approximate surface area is 125 Å². The van der Waals surface area contributed by atoms with E-state index in [2.05, 4.69) is 45.9 Å². The highest BCUT2D eigenvalue weighted by molar-refractivity contribution is 7.16. The van der Waals surface area contributed by atoms with Gasteiger partial charge in [-0.15, -0.1) is 11.3 Å². The Morgan fingerprint density at radius 2 is 2.15 bits per heavy atom. The van der Waals surface area contributed by atoms with Crippen molar-refractivity contribution in [2.45, 2.75) is 39.5 Å². The van der Waals surface area contributed by atoms with Gasteiger partial charge in [0.1, 0.15) is 10.6 Å². The molecule has 0 radical (unpaired) electrons. The molecular weight excluding hydrogens is 268 g/mol. The average Bonchev–Trinajstić information content (AvgIpc) is 2.95. The average molecular weight is 292 g/mol.